The van der Waals surface area contributed by atoms with Crippen LogP contribution >= 0.6 is 0 Å². The molecule has 7 nitrogen and oxygen atoms in total. The average molecular weight is 407 g/mol. The van der Waals surface area contributed by atoms with E-state index >= 15 is 0 Å². The van der Waals surface area contributed by atoms with Crippen LogP contribution in [0.1, 0.15) is 13.8 Å². The van der Waals surface area contributed by atoms with Crippen molar-refractivity contribution in [2.45, 2.75) is 13.8 Å². The molecule has 1 aromatic heterocycles. The maximum absolute atomic E-state index is 5.95. The second-order valence-corrected chi connectivity index (χ2v) is 7.81. The first-order valence-electron chi connectivity index (χ1n) is 10.3. The molecule has 0 N–H and O–H groups in total. The van der Waals surface area contributed by atoms with Crippen LogP contribution in [0.15, 0.2) is 60.7 Å². The van der Waals surface area contributed by atoms with E-state index in [0.29, 0.717) is 41.1 Å². The predicted octanol–water partition coefficient (Wildman–Crippen LogP) is 4.45. The van der Waals surface area contributed by atoms with Crippen LogP contribution in [0.4, 0.5) is 5.95 Å². The Labute approximate surface area is 176 Å². The van der Waals surface area contributed by atoms with Gasteiger partial charge in [-0.1, -0.05) is 50.2 Å². The number of para-hydroxylation sites is 2. The van der Waals surface area contributed by atoms with Crippen molar-refractivity contribution < 1.29 is 14.2 Å². The van der Waals surface area contributed by atoms with Gasteiger partial charge in [-0.25, -0.2) is 0 Å². The molecule has 0 spiro atoms. The van der Waals surface area contributed by atoms with Crippen molar-refractivity contribution in [3.05, 3.63) is 60.7 Å². The van der Waals surface area contributed by atoms with Gasteiger partial charge in [0.05, 0.1) is 19.8 Å². The molecule has 2 heterocycles. The molecule has 1 aliphatic rings. The molecule has 7 heteroatoms. The first-order chi connectivity index (χ1) is 14.6. The maximum atomic E-state index is 5.95. The molecule has 4 rings (SSSR count). The van der Waals surface area contributed by atoms with Gasteiger partial charge in [0.2, 0.25) is 0 Å². The summed E-state index contributed by atoms with van der Waals surface area (Å²) in [4.78, 5) is 13.8. The van der Waals surface area contributed by atoms with Gasteiger partial charge in [-0.05, 0) is 24.3 Å². The molecule has 1 aliphatic heterocycles. The van der Waals surface area contributed by atoms with Crippen molar-refractivity contribution in [2.24, 2.45) is 5.92 Å². The SMILES string of the molecule is CC(C)C[N+]1(c2nc(Oc3ccccc3)nc(Oc3ccccc3)n2)CCOCC1. The lowest BCUT2D eigenvalue weighted by molar-refractivity contribution is 0.0318. The molecule has 0 saturated carbocycles. The van der Waals surface area contributed by atoms with Gasteiger partial charge in [-0.15, -0.1) is 15.0 Å². The third-order valence-corrected chi connectivity index (χ3v) is 4.95. The quantitative estimate of drug-likeness (QED) is 0.539. The second-order valence-electron chi connectivity index (χ2n) is 7.81. The first-order valence-corrected chi connectivity index (χ1v) is 10.3. The minimum atomic E-state index is 0.227. The molecule has 0 unspecified atom stereocenters. The Hall–Kier alpha value is -3.03. The molecule has 0 radical (unpaired) electrons. The molecular weight excluding hydrogens is 380 g/mol. The van der Waals surface area contributed by atoms with E-state index in [4.69, 9.17) is 24.2 Å². The summed E-state index contributed by atoms with van der Waals surface area (Å²) >= 11 is 0. The smallest absolute Gasteiger partial charge is 0.338 e. The number of aromatic nitrogens is 3. The van der Waals surface area contributed by atoms with Crippen molar-refractivity contribution in [3.63, 3.8) is 0 Å². The van der Waals surface area contributed by atoms with Gasteiger partial charge in [-0.2, -0.15) is 0 Å². The number of quaternary nitrogens is 1. The van der Waals surface area contributed by atoms with Crippen LogP contribution in [0, 0.1) is 5.92 Å². The summed E-state index contributed by atoms with van der Waals surface area (Å²) in [6.07, 6.45) is 0. The standard InChI is InChI=1S/C23H27N4O3/c1-18(2)17-27(13-15-28-16-14-27)21-24-22(29-19-9-5-3-6-10-19)26-23(25-21)30-20-11-7-4-8-12-20/h3-12,18H,13-17H2,1-2H3/q+1. The van der Waals surface area contributed by atoms with Crippen LogP contribution in [0.3, 0.4) is 0 Å². The highest BCUT2D eigenvalue weighted by Gasteiger charge is 2.38. The number of hydrogen-bond acceptors (Lipinski definition) is 6. The van der Waals surface area contributed by atoms with E-state index in [1.165, 1.54) is 0 Å². The van der Waals surface area contributed by atoms with Crippen molar-refractivity contribution >= 4 is 5.95 Å². The Kier molecular flexibility index (Phi) is 6.21. The zero-order chi connectivity index (χ0) is 20.8. The lowest BCUT2D eigenvalue weighted by atomic mass is 10.1. The Bertz CT molecular complexity index is 885. The van der Waals surface area contributed by atoms with Crippen LogP contribution in [-0.2, 0) is 4.74 Å². The molecule has 0 aliphatic carbocycles. The van der Waals surface area contributed by atoms with Crippen molar-refractivity contribution in [2.75, 3.05) is 32.8 Å². The second kappa shape index (κ2) is 9.19. The van der Waals surface area contributed by atoms with Gasteiger partial charge >= 0.3 is 18.0 Å². The first kappa shape index (κ1) is 20.3. The summed E-state index contributed by atoms with van der Waals surface area (Å²) < 4.78 is 18.2. The number of nitrogens with zero attached hydrogens (tertiary/aromatic N) is 4. The highest BCUT2D eigenvalue weighted by atomic mass is 16.5. The summed E-state index contributed by atoms with van der Waals surface area (Å²) in [5, 5.41) is 0. The molecule has 156 valence electrons. The molecule has 30 heavy (non-hydrogen) atoms. The molecule has 1 saturated heterocycles. The van der Waals surface area contributed by atoms with Crippen LogP contribution in [0.2, 0.25) is 0 Å². The van der Waals surface area contributed by atoms with Crippen molar-refractivity contribution in [1.82, 2.24) is 19.4 Å². The van der Waals surface area contributed by atoms with E-state index in [1.807, 2.05) is 60.7 Å². The Morgan fingerprint density at radius 1 is 0.800 bits per heavy atom. The number of rotatable bonds is 7. The van der Waals surface area contributed by atoms with E-state index < -0.39 is 0 Å². The fourth-order valence-electron chi connectivity index (χ4n) is 3.67. The Morgan fingerprint density at radius 2 is 1.30 bits per heavy atom. The van der Waals surface area contributed by atoms with E-state index in [0.717, 1.165) is 19.6 Å². The van der Waals surface area contributed by atoms with Crippen molar-refractivity contribution in [3.8, 4) is 23.5 Å². The lowest BCUT2D eigenvalue weighted by Gasteiger charge is -2.39. The van der Waals surface area contributed by atoms with Crippen LogP contribution < -0.4 is 14.0 Å². The third kappa shape index (κ3) is 4.93. The zero-order valence-corrected chi connectivity index (χ0v) is 17.4. The molecule has 1 fully saturated rings. The lowest BCUT2D eigenvalue weighted by Crippen LogP contribution is -2.59. The summed E-state index contributed by atoms with van der Waals surface area (Å²) in [7, 11) is 0. The highest BCUT2D eigenvalue weighted by molar-refractivity contribution is 5.33. The molecule has 0 bridgehead atoms. The predicted molar refractivity (Wildman–Crippen MR) is 115 cm³/mol. The topological polar surface area (TPSA) is 66.4 Å². The molecule has 0 atom stereocenters. The molecule has 2 aromatic carbocycles. The van der Waals surface area contributed by atoms with Gasteiger partial charge in [0.1, 0.15) is 24.6 Å². The average Bonchev–Trinajstić information content (AvgIpc) is 2.75. The fraction of sp³-hybridized carbons (Fsp3) is 0.348. The van der Waals surface area contributed by atoms with Crippen LogP contribution in [-0.4, -0.2) is 47.8 Å². The summed E-state index contributed by atoms with van der Waals surface area (Å²) in [5.41, 5.74) is 0. The van der Waals surface area contributed by atoms with Gasteiger partial charge in [0.15, 0.2) is 0 Å². The largest absolute Gasteiger partial charge is 0.424 e. The highest BCUT2D eigenvalue weighted by Crippen LogP contribution is 2.29. The Morgan fingerprint density at radius 3 is 1.77 bits per heavy atom. The number of ether oxygens (including phenoxy) is 3. The monoisotopic (exact) mass is 407 g/mol. The summed E-state index contributed by atoms with van der Waals surface area (Å²) in [6, 6.07) is 19.4. The number of morpholine rings is 1. The number of benzene rings is 2. The number of hydrogen-bond donors (Lipinski definition) is 0. The minimum Gasteiger partial charge on any atom is -0.424 e. The third-order valence-electron chi connectivity index (χ3n) is 4.95. The van der Waals surface area contributed by atoms with E-state index in [1.54, 1.807) is 0 Å². The van der Waals surface area contributed by atoms with Gasteiger partial charge in [0, 0.05) is 5.92 Å². The fourth-order valence-corrected chi connectivity index (χ4v) is 3.67. The Balaban J connectivity index is 1.73. The van der Waals surface area contributed by atoms with E-state index in [9.17, 15) is 0 Å². The molecule has 0 amide bonds. The van der Waals surface area contributed by atoms with E-state index in [2.05, 4.69) is 18.8 Å². The summed E-state index contributed by atoms with van der Waals surface area (Å²) in [5.74, 6) is 2.45. The maximum Gasteiger partial charge on any atom is 0.338 e. The van der Waals surface area contributed by atoms with Gasteiger partial charge < -0.3 is 14.2 Å². The van der Waals surface area contributed by atoms with Crippen molar-refractivity contribution in [1.29, 1.82) is 0 Å². The van der Waals surface area contributed by atoms with Crippen LogP contribution in [0.5, 0.6) is 23.5 Å². The summed E-state index contributed by atoms with van der Waals surface area (Å²) in [6.45, 7) is 8.27. The van der Waals surface area contributed by atoms with Crippen LogP contribution in [0.25, 0.3) is 0 Å². The van der Waals surface area contributed by atoms with Gasteiger partial charge in [0.25, 0.3) is 0 Å². The minimum absolute atomic E-state index is 0.227. The normalized spacial score (nSPS) is 15.7. The molecular formula is C23H27N4O3+. The van der Waals surface area contributed by atoms with E-state index in [-0.39, 0.29) is 12.0 Å². The zero-order valence-electron chi connectivity index (χ0n) is 17.4. The molecule has 3 aromatic rings. The van der Waals surface area contributed by atoms with Gasteiger partial charge in [-0.3, -0.25) is 4.48 Å².